The minimum Gasteiger partial charge on any atom is -0.481 e. The molecule has 0 amide bonds. The molecule has 2 N–H and O–H groups in total. The molecule has 0 saturated carbocycles. The predicted molar refractivity (Wildman–Crippen MR) is 103 cm³/mol. The molecular weight excluding hydrogens is 396 g/mol. The van der Waals surface area contributed by atoms with Crippen molar-refractivity contribution in [3.8, 4) is 0 Å². The van der Waals surface area contributed by atoms with Crippen LogP contribution in [0.15, 0.2) is 0 Å². The van der Waals surface area contributed by atoms with Crippen LogP contribution in [0.1, 0.15) is 70.6 Å². The Labute approximate surface area is 162 Å². The Kier molecular flexibility index (Phi) is 13.3. The molecule has 0 aromatic heterocycles. The molecule has 0 unspecified atom stereocenters. The topological polar surface area (TPSA) is 143 Å². The van der Waals surface area contributed by atoms with Crippen LogP contribution in [0, 0.1) is 0 Å². The van der Waals surface area contributed by atoms with E-state index in [0.717, 1.165) is 0 Å². The van der Waals surface area contributed by atoms with Crippen LogP contribution in [0.3, 0.4) is 0 Å². The summed E-state index contributed by atoms with van der Waals surface area (Å²) in [5, 5.41) is 17.0. The average Bonchev–Trinajstić information content (AvgIpc) is 2.52. The number of hydrogen-bond donors (Lipinski definition) is 2. The van der Waals surface area contributed by atoms with Gasteiger partial charge in [-0.1, -0.05) is 19.3 Å². The van der Waals surface area contributed by atoms with Crippen LogP contribution in [-0.4, -0.2) is 62.0 Å². The Morgan fingerprint density at radius 3 is 1.00 bits per heavy atom. The number of rotatable bonds is 18. The highest BCUT2D eigenvalue weighted by molar-refractivity contribution is 7.91. The molecule has 0 aliphatic heterocycles. The lowest BCUT2D eigenvalue weighted by Gasteiger charge is -2.06. The summed E-state index contributed by atoms with van der Waals surface area (Å²) in [6, 6.07) is 0. The second-order valence-corrected chi connectivity index (χ2v) is 11.4. The van der Waals surface area contributed by atoms with E-state index in [2.05, 4.69) is 0 Å². The van der Waals surface area contributed by atoms with Crippen LogP contribution >= 0.6 is 0 Å². The third-order valence-electron chi connectivity index (χ3n) is 4.10. The summed E-state index contributed by atoms with van der Waals surface area (Å²) in [5.41, 5.74) is 0. The summed E-state index contributed by atoms with van der Waals surface area (Å²) in [7, 11) is -6.34. The van der Waals surface area contributed by atoms with E-state index in [-0.39, 0.29) is 35.9 Å². The van der Waals surface area contributed by atoms with Crippen molar-refractivity contribution in [1.29, 1.82) is 0 Å². The number of aliphatic carboxylic acids is 2. The normalized spacial score (nSPS) is 12.1. The van der Waals surface area contributed by atoms with Crippen molar-refractivity contribution in [2.75, 3.05) is 23.0 Å². The number of carboxylic acids is 2. The lowest BCUT2D eigenvalue weighted by Crippen LogP contribution is -2.13. The molecule has 0 spiro atoms. The Balaban J connectivity index is 3.77. The molecule has 27 heavy (non-hydrogen) atoms. The monoisotopic (exact) mass is 428 g/mol. The minimum atomic E-state index is -3.17. The van der Waals surface area contributed by atoms with Gasteiger partial charge in [-0.2, -0.15) is 0 Å². The zero-order valence-electron chi connectivity index (χ0n) is 15.8. The fourth-order valence-corrected chi connectivity index (χ4v) is 5.56. The first-order valence-corrected chi connectivity index (χ1v) is 13.0. The summed E-state index contributed by atoms with van der Waals surface area (Å²) in [6.45, 7) is 0. The van der Waals surface area contributed by atoms with Gasteiger partial charge in [0, 0.05) is 12.8 Å². The van der Waals surface area contributed by atoms with Gasteiger partial charge in [-0.15, -0.1) is 0 Å². The number of unbranched alkanes of at least 4 members (excludes halogenated alkanes) is 6. The van der Waals surface area contributed by atoms with Crippen molar-refractivity contribution >= 4 is 31.6 Å². The summed E-state index contributed by atoms with van der Waals surface area (Å²) in [5.74, 6) is -1.62. The van der Waals surface area contributed by atoms with Gasteiger partial charge < -0.3 is 10.2 Å². The largest absolute Gasteiger partial charge is 0.481 e. The van der Waals surface area contributed by atoms with E-state index >= 15 is 0 Å². The molecule has 0 radical (unpaired) electrons. The zero-order valence-corrected chi connectivity index (χ0v) is 17.4. The zero-order chi connectivity index (χ0) is 20.8. The smallest absolute Gasteiger partial charge is 0.303 e. The number of carbonyl (C=O) groups is 2. The van der Waals surface area contributed by atoms with E-state index < -0.39 is 31.6 Å². The molecule has 8 nitrogen and oxygen atoms in total. The standard InChI is InChI=1S/C17H32O8S2/c18-16(19)10-4-1-6-12-26(22,23)14-8-3-9-15-27(24,25)13-7-2-5-11-17(20)21/h1-15H2,(H,18,19)(H,20,21). The van der Waals surface area contributed by atoms with E-state index in [9.17, 15) is 26.4 Å². The maximum absolute atomic E-state index is 11.9. The van der Waals surface area contributed by atoms with Crippen molar-refractivity contribution in [2.24, 2.45) is 0 Å². The third-order valence-corrected chi connectivity index (χ3v) is 7.75. The van der Waals surface area contributed by atoms with Crippen molar-refractivity contribution in [1.82, 2.24) is 0 Å². The third kappa shape index (κ3) is 18.0. The number of hydrogen-bond acceptors (Lipinski definition) is 6. The highest BCUT2D eigenvalue weighted by Crippen LogP contribution is 2.09. The maximum Gasteiger partial charge on any atom is 0.303 e. The highest BCUT2D eigenvalue weighted by atomic mass is 32.2. The molecule has 10 heteroatoms. The van der Waals surface area contributed by atoms with E-state index in [1.165, 1.54) is 0 Å². The van der Waals surface area contributed by atoms with E-state index in [0.29, 0.717) is 57.8 Å². The predicted octanol–water partition coefficient (Wildman–Crippen LogP) is 2.28. The van der Waals surface area contributed by atoms with Gasteiger partial charge in [0.25, 0.3) is 0 Å². The first-order valence-electron chi connectivity index (χ1n) is 9.38. The summed E-state index contributed by atoms with van der Waals surface area (Å²) in [4.78, 5) is 20.7. The highest BCUT2D eigenvalue weighted by Gasteiger charge is 2.13. The number of carboxylic acid groups (broad SMARTS) is 2. The molecule has 0 aliphatic rings. The fourth-order valence-electron chi connectivity index (χ4n) is 2.57. The minimum absolute atomic E-state index is 0.0289. The Morgan fingerprint density at radius 2 is 0.741 bits per heavy atom. The quantitative estimate of drug-likeness (QED) is 0.316. The Hall–Kier alpha value is -1.16. The van der Waals surface area contributed by atoms with Gasteiger partial charge in [-0.3, -0.25) is 9.59 Å². The van der Waals surface area contributed by atoms with Gasteiger partial charge in [0.05, 0.1) is 23.0 Å². The second-order valence-electron chi connectivity index (χ2n) is 6.77. The van der Waals surface area contributed by atoms with Crippen molar-refractivity contribution in [3.05, 3.63) is 0 Å². The Morgan fingerprint density at radius 1 is 0.481 bits per heavy atom. The summed E-state index contributed by atoms with van der Waals surface area (Å²) >= 11 is 0. The molecule has 0 atom stereocenters. The van der Waals surface area contributed by atoms with E-state index in [1.54, 1.807) is 0 Å². The van der Waals surface area contributed by atoms with Crippen LogP contribution in [0.4, 0.5) is 0 Å². The summed E-state index contributed by atoms with van der Waals surface area (Å²) < 4.78 is 47.4. The second kappa shape index (κ2) is 13.9. The van der Waals surface area contributed by atoms with Crippen LogP contribution in [0.2, 0.25) is 0 Å². The molecule has 0 heterocycles. The molecule has 0 bridgehead atoms. The lowest BCUT2D eigenvalue weighted by atomic mass is 10.2. The molecule has 0 saturated heterocycles. The van der Waals surface area contributed by atoms with Crippen LogP contribution in [0.5, 0.6) is 0 Å². The Bertz CT molecular complexity index is 582. The molecular formula is C17H32O8S2. The van der Waals surface area contributed by atoms with Crippen LogP contribution in [-0.2, 0) is 29.3 Å². The number of sulfone groups is 2. The van der Waals surface area contributed by atoms with Gasteiger partial charge in [0.1, 0.15) is 19.7 Å². The lowest BCUT2D eigenvalue weighted by molar-refractivity contribution is -0.138. The molecule has 0 fully saturated rings. The first kappa shape index (κ1) is 25.8. The van der Waals surface area contributed by atoms with E-state index in [1.807, 2.05) is 0 Å². The van der Waals surface area contributed by atoms with Gasteiger partial charge >= 0.3 is 11.9 Å². The first-order chi connectivity index (χ1) is 12.5. The molecule has 0 aliphatic carbocycles. The molecule has 0 aromatic rings. The molecule has 0 rings (SSSR count). The summed E-state index contributed by atoms with van der Waals surface area (Å²) in [6.07, 6.45) is 4.44. The fraction of sp³-hybridized carbons (Fsp3) is 0.882. The average molecular weight is 429 g/mol. The van der Waals surface area contributed by atoms with Crippen molar-refractivity contribution < 1.29 is 36.6 Å². The van der Waals surface area contributed by atoms with Gasteiger partial charge in [-0.25, -0.2) is 16.8 Å². The maximum atomic E-state index is 11.9. The van der Waals surface area contributed by atoms with Gasteiger partial charge in [0.15, 0.2) is 0 Å². The van der Waals surface area contributed by atoms with E-state index in [4.69, 9.17) is 10.2 Å². The van der Waals surface area contributed by atoms with Crippen LogP contribution in [0.25, 0.3) is 0 Å². The van der Waals surface area contributed by atoms with Gasteiger partial charge in [-0.05, 0) is 38.5 Å². The van der Waals surface area contributed by atoms with Crippen molar-refractivity contribution in [2.45, 2.75) is 70.6 Å². The van der Waals surface area contributed by atoms with Crippen molar-refractivity contribution in [3.63, 3.8) is 0 Å². The molecule has 0 aromatic carbocycles. The van der Waals surface area contributed by atoms with Gasteiger partial charge in [0.2, 0.25) is 0 Å². The molecule has 160 valence electrons. The SMILES string of the molecule is O=C(O)CCCCCS(=O)(=O)CCCCCS(=O)(=O)CCCCCC(=O)O. The van der Waals surface area contributed by atoms with Crippen LogP contribution < -0.4 is 0 Å².